The fourth-order valence-electron chi connectivity index (χ4n) is 2.87. The molecule has 108 valence electrons. The molecule has 2 unspecified atom stereocenters. The van der Waals surface area contributed by atoms with Gasteiger partial charge in [0.1, 0.15) is 0 Å². The summed E-state index contributed by atoms with van der Waals surface area (Å²) in [5.74, 6) is 0.729. The van der Waals surface area contributed by atoms with Gasteiger partial charge in [0.2, 0.25) is 0 Å². The monoisotopic (exact) mass is 256 g/mol. The van der Waals surface area contributed by atoms with Crippen LogP contribution in [0.1, 0.15) is 52.9 Å². The van der Waals surface area contributed by atoms with Gasteiger partial charge in [-0.2, -0.15) is 0 Å². The minimum atomic E-state index is 0.402. The molecule has 0 aromatic carbocycles. The van der Waals surface area contributed by atoms with Crippen LogP contribution < -0.4 is 11.1 Å². The summed E-state index contributed by atoms with van der Waals surface area (Å²) >= 11 is 0. The molecule has 18 heavy (non-hydrogen) atoms. The third kappa shape index (κ3) is 5.68. The lowest BCUT2D eigenvalue weighted by atomic mass is 9.84. The van der Waals surface area contributed by atoms with Crippen LogP contribution in [0.4, 0.5) is 0 Å². The molecule has 0 bridgehead atoms. The molecule has 0 aliphatic carbocycles. The molecule has 0 radical (unpaired) electrons. The summed E-state index contributed by atoms with van der Waals surface area (Å²) < 4.78 is 5.70. The molecule has 3 heteroatoms. The molecule has 3 nitrogen and oxygen atoms in total. The van der Waals surface area contributed by atoms with Crippen LogP contribution in [0, 0.1) is 11.3 Å². The second-order valence-corrected chi connectivity index (χ2v) is 6.38. The fourth-order valence-corrected chi connectivity index (χ4v) is 2.87. The number of rotatable bonds is 9. The van der Waals surface area contributed by atoms with Gasteiger partial charge >= 0.3 is 0 Å². The second kappa shape index (κ2) is 8.13. The van der Waals surface area contributed by atoms with Gasteiger partial charge < -0.3 is 15.8 Å². The average molecular weight is 256 g/mol. The first-order chi connectivity index (χ1) is 8.59. The third-order valence-corrected chi connectivity index (χ3v) is 4.18. The number of hydrogen-bond acceptors (Lipinski definition) is 3. The van der Waals surface area contributed by atoms with Crippen LogP contribution >= 0.6 is 0 Å². The Morgan fingerprint density at radius 3 is 2.78 bits per heavy atom. The molecule has 1 fully saturated rings. The zero-order chi connectivity index (χ0) is 13.4. The molecule has 0 amide bonds. The van der Waals surface area contributed by atoms with Gasteiger partial charge in [-0.1, -0.05) is 20.8 Å². The molecule has 1 aliphatic heterocycles. The number of nitrogens with one attached hydrogen (secondary N) is 1. The number of ether oxygens (including phenoxy) is 1. The Morgan fingerprint density at radius 2 is 2.11 bits per heavy atom. The molecule has 0 saturated carbocycles. The van der Waals surface area contributed by atoms with Gasteiger partial charge in [0.25, 0.3) is 0 Å². The molecule has 0 spiro atoms. The predicted octanol–water partition coefficient (Wildman–Crippen LogP) is 2.55. The Labute approximate surface area is 113 Å². The van der Waals surface area contributed by atoms with Crippen molar-refractivity contribution in [3.8, 4) is 0 Å². The van der Waals surface area contributed by atoms with Crippen molar-refractivity contribution in [1.82, 2.24) is 5.32 Å². The molecule has 2 atom stereocenters. The van der Waals surface area contributed by atoms with Crippen LogP contribution in [0.2, 0.25) is 0 Å². The van der Waals surface area contributed by atoms with Crippen molar-refractivity contribution in [2.24, 2.45) is 17.1 Å². The van der Waals surface area contributed by atoms with E-state index >= 15 is 0 Å². The van der Waals surface area contributed by atoms with E-state index in [1.54, 1.807) is 0 Å². The highest BCUT2D eigenvalue weighted by Gasteiger charge is 2.25. The SMILES string of the molecule is CCC1OCCC1CNCCCC(C)(C)CCN. The molecule has 1 heterocycles. The molecular weight excluding hydrogens is 224 g/mol. The smallest absolute Gasteiger partial charge is 0.0613 e. The van der Waals surface area contributed by atoms with Gasteiger partial charge in [-0.25, -0.2) is 0 Å². The van der Waals surface area contributed by atoms with Gasteiger partial charge in [-0.3, -0.25) is 0 Å². The summed E-state index contributed by atoms with van der Waals surface area (Å²) in [6.45, 7) is 10.9. The molecule has 0 aromatic heterocycles. The van der Waals surface area contributed by atoms with E-state index in [4.69, 9.17) is 10.5 Å². The van der Waals surface area contributed by atoms with Gasteiger partial charge in [-0.05, 0) is 56.5 Å². The summed E-state index contributed by atoms with van der Waals surface area (Å²) in [5, 5.41) is 3.60. The predicted molar refractivity (Wildman–Crippen MR) is 77.7 cm³/mol. The quantitative estimate of drug-likeness (QED) is 0.623. The maximum Gasteiger partial charge on any atom is 0.0613 e. The third-order valence-electron chi connectivity index (χ3n) is 4.18. The second-order valence-electron chi connectivity index (χ2n) is 6.38. The van der Waals surface area contributed by atoms with E-state index in [0.29, 0.717) is 11.5 Å². The Hall–Kier alpha value is -0.120. The summed E-state index contributed by atoms with van der Waals surface area (Å²) in [6, 6.07) is 0. The largest absolute Gasteiger partial charge is 0.378 e. The first-order valence-electron chi connectivity index (χ1n) is 7.61. The molecule has 1 aliphatic rings. The highest BCUT2D eigenvalue weighted by molar-refractivity contribution is 4.77. The fraction of sp³-hybridized carbons (Fsp3) is 1.00. The lowest BCUT2D eigenvalue weighted by molar-refractivity contribution is 0.0872. The van der Waals surface area contributed by atoms with E-state index in [0.717, 1.165) is 45.0 Å². The summed E-state index contributed by atoms with van der Waals surface area (Å²) in [7, 11) is 0. The lowest BCUT2D eigenvalue weighted by Gasteiger charge is -2.24. The average Bonchev–Trinajstić information content (AvgIpc) is 2.75. The van der Waals surface area contributed by atoms with Crippen molar-refractivity contribution in [3.63, 3.8) is 0 Å². The Kier molecular flexibility index (Phi) is 7.20. The Bertz CT molecular complexity index is 219. The van der Waals surface area contributed by atoms with Crippen LogP contribution in [0.25, 0.3) is 0 Å². The Balaban J connectivity index is 2.05. The van der Waals surface area contributed by atoms with Gasteiger partial charge in [0.15, 0.2) is 0 Å². The van der Waals surface area contributed by atoms with E-state index in [2.05, 4.69) is 26.1 Å². The molecule has 3 N–H and O–H groups in total. The topological polar surface area (TPSA) is 47.3 Å². The van der Waals surface area contributed by atoms with Gasteiger partial charge in [-0.15, -0.1) is 0 Å². The van der Waals surface area contributed by atoms with Crippen LogP contribution in [-0.2, 0) is 4.74 Å². The maximum atomic E-state index is 5.70. The van der Waals surface area contributed by atoms with Crippen LogP contribution in [-0.4, -0.2) is 32.3 Å². The van der Waals surface area contributed by atoms with Crippen molar-refractivity contribution in [2.75, 3.05) is 26.2 Å². The molecular formula is C15H32N2O. The first kappa shape index (κ1) is 15.9. The zero-order valence-corrected chi connectivity index (χ0v) is 12.5. The van der Waals surface area contributed by atoms with E-state index in [1.165, 1.54) is 19.3 Å². The van der Waals surface area contributed by atoms with E-state index < -0.39 is 0 Å². The lowest BCUT2D eigenvalue weighted by Crippen LogP contribution is -2.29. The maximum absolute atomic E-state index is 5.70. The molecule has 1 saturated heterocycles. The molecule has 1 rings (SSSR count). The standard InChI is InChI=1S/C15H32N2O/c1-4-14-13(6-11-18-14)12-17-10-5-7-15(2,3)8-9-16/h13-14,17H,4-12,16H2,1-3H3. The zero-order valence-electron chi connectivity index (χ0n) is 12.5. The normalized spacial score (nSPS) is 24.7. The molecule has 0 aromatic rings. The van der Waals surface area contributed by atoms with Crippen LogP contribution in [0.3, 0.4) is 0 Å². The highest BCUT2D eigenvalue weighted by atomic mass is 16.5. The summed E-state index contributed by atoms with van der Waals surface area (Å²) in [6.07, 6.45) is 6.50. The van der Waals surface area contributed by atoms with E-state index in [9.17, 15) is 0 Å². The van der Waals surface area contributed by atoms with Crippen molar-refractivity contribution in [3.05, 3.63) is 0 Å². The number of hydrogen-bond donors (Lipinski definition) is 2. The minimum absolute atomic E-state index is 0.402. The van der Waals surface area contributed by atoms with Crippen molar-refractivity contribution >= 4 is 0 Å². The number of nitrogens with two attached hydrogens (primary N) is 1. The van der Waals surface area contributed by atoms with Crippen molar-refractivity contribution in [2.45, 2.75) is 59.0 Å². The highest BCUT2D eigenvalue weighted by Crippen LogP contribution is 2.25. The van der Waals surface area contributed by atoms with Gasteiger partial charge in [0, 0.05) is 13.2 Å². The first-order valence-corrected chi connectivity index (χ1v) is 7.61. The van der Waals surface area contributed by atoms with Crippen LogP contribution in [0.5, 0.6) is 0 Å². The van der Waals surface area contributed by atoms with Crippen molar-refractivity contribution < 1.29 is 4.74 Å². The van der Waals surface area contributed by atoms with Crippen LogP contribution in [0.15, 0.2) is 0 Å². The summed E-state index contributed by atoms with van der Waals surface area (Å²) in [4.78, 5) is 0. The van der Waals surface area contributed by atoms with Crippen molar-refractivity contribution in [1.29, 1.82) is 0 Å². The summed E-state index contributed by atoms with van der Waals surface area (Å²) in [5.41, 5.74) is 6.03. The van der Waals surface area contributed by atoms with Gasteiger partial charge in [0.05, 0.1) is 6.10 Å². The minimum Gasteiger partial charge on any atom is -0.378 e. The Morgan fingerprint density at radius 1 is 1.33 bits per heavy atom. The van der Waals surface area contributed by atoms with E-state index in [1.807, 2.05) is 0 Å². The van der Waals surface area contributed by atoms with E-state index in [-0.39, 0.29) is 0 Å².